The van der Waals surface area contributed by atoms with Gasteiger partial charge in [-0.05, 0) is 13.8 Å². The normalized spacial score (nSPS) is 13.7. The number of hydrogen-bond acceptors (Lipinski definition) is 4. The lowest BCUT2D eigenvalue weighted by Crippen LogP contribution is -2.09. The number of hydrogen-bond donors (Lipinski definition) is 2. The predicted molar refractivity (Wildman–Crippen MR) is 49.4 cm³/mol. The standard InChI is InChI=1S/C8H13N3O/c1-5(9)8(4-12)6(2)11-7(3)10/h4H,3,9-10H2,1-2H3/b8-5-,11-6?. The fraction of sp³-hybridized carbons (Fsp3) is 0.250. The molecule has 66 valence electrons. The van der Waals surface area contributed by atoms with Gasteiger partial charge in [0.25, 0.3) is 0 Å². The Morgan fingerprint density at radius 1 is 1.42 bits per heavy atom. The Bertz CT molecular complexity index is 259. The molecule has 0 aliphatic rings. The summed E-state index contributed by atoms with van der Waals surface area (Å²) < 4.78 is 0. The van der Waals surface area contributed by atoms with Gasteiger partial charge in [-0.2, -0.15) is 0 Å². The van der Waals surface area contributed by atoms with E-state index < -0.39 is 0 Å². The number of carbonyl (C=O) groups is 1. The van der Waals surface area contributed by atoms with Gasteiger partial charge in [-0.1, -0.05) is 6.58 Å². The molecular formula is C8H13N3O. The number of nitrogens with two attached hydrogens (primary N) is 2. The first-order chi connectivity index (χ1) is 5.49. The predicted octanol–water partition coefficient (Wildman–Crippen LogP) is 0.309. The Morgan fingerprint density at radius 3 is 2.17 bits per heavy atom. The second-order valence-corrected chi connectivity index (χ2v) is 2.40. The molecule has 0 aromatic carbocycles. The summed E-state index contributed by atoms with van der Waals surface area (Å²) in [6.07, 6.45) is 0.650. The second-order valence-electron chi connectivity index (χ2n) is 2.40. The van der Waals surface area contributed by atoms with E-state index in [4.69, 9.17) is 11.5 Å². The highest BCUT2D eigenvalue weighted by Crippen LogP contribution is 1.99. The van der Waals surface area contributed by atoms with Crippen molar-refractivity contribution in [3.05, 3.63) is 23.7 Å². The molecule has 0 heterocycles. The first-order valence-corrected chi connectivity index (χ1v) is 3.40. The fourth-order valence-corrected chi connectivity index (χ4v) is 0.739. The van der Waals surface area contributed by atoms with E-state index in [0.717, 1.165) is 0 Å². The minimum atomic E-state index is 0.160. The molecule has 0 bridgehead atoms. The highest BCUT2D eigenvalue weighted by atomic mass is 16.1. The van der Waals surface area contributed by atoms with Crippen molar-refractivity contribution in [1.82, 2.24) is 0 Å². The molecule has 4 N–H and O–H groups in total. The quantitative estimate of drug-likeness (QED) is 0.360. The molecule has 4 heteroatoms. The van der Waals surface area contributed by atoms with Crippen LogP contribution in [0.25, 0.3) is 0 Å². The van der Waals surface area contributed by atoms with Crippen molar-refractivity contribution < 1.29 is 4.79 Å². The van der Waals surface area contributed by atoms with Crippen LogP contribution in [0.3, 0.4) is 0 Å². The first-order valence-electron chi connectivity index (χ1n) is 3.40. The zero-order valence-corrected chi connectivity index (χ0v) is 7.29. The largest absolute Gasteiger partial charge is 0.402 e. The molecule has 0 radical (unpaired) electrons. The molecule has 0 spiro atoms. The maximum absolute atomic E-state index is 10.5. The molecule has 0 saturated carbocycles. The van der Waals surface area contributed by atoms with Crippen molar-refractivity contribution in [2.24, 2.45) is 16.5 Å². The third-order valence-electron chi connectivity index (χ3n) is 1.24. The monoisotopic (exact) mass is 167 g/mol. The van der Waals surface area contributed by atoms with Gasteiger partial charge < -0.3 is 11.5 Å². The summed E-state index contributed by atoms with van der Waals surface area (Å²) in [5.41, 5.74) is 11.9. The van der Waals surface area contributed by atoms with E-state index in [1.54, 1.807) is 13.8 Å². The van der Waals surface area contributed by atoms with E-state index in [1.165, 1.54) is 0 Å². The number of carbonyl (C=O) groups excluding carboxylic acids is 1. The Balaban J connectivity index is 4.90. The van der Waals surface area contributed by atoms with Crippen LogP contribution in [0.15, 0.2) is 28.7 Å². The van der Waals surface area contributed by atoms with E-state index in [2.05, 4.69) is 11.6 Å². The average Bonchev–Trinajstić information content (AvgIpc) is 1.85. The lowest BCUT2D eigenvalue weighted by atomic mass is 10.1. The zero-order chi connectivity index (χ0) is 9.72. The van der Waals surface area contributed by atoms with Gasteiger partial charge in [0, 0.05) is 5.70 Å². The molecule has 0 aromatic rings. The van der Waals surface area contributed by atoms with Crippen molar-refractivity contribution in [2.75, 3.05) is 0 Å². The summed E-state index contributed by atoms with van der Waals surface area (Å²) in [6.45, 7) is 6.66. The summed E-state index contributed by atoms with van der Waals surface area (Å²) in [5, 5.41) is 0. The second kappa shape index (κ2) is 4.33. The van der Waals surface area contributed by atoms with Gasteiger partial charge in [-0.25, -0.2) is 4.99 Å². The first kappa shape index (κ1) is 10.4. The molecule has 12 heavy (non-hydrogen) atoms. The van der Waals surface area contributed by atoms with Crippen LogP contribution in [0.5, 0.6) is 0 Å². The van der Waals surface area contributed by atoms with Gasteiger partial charge in [0.2, 0.25) is 0 Å². The summed E-state index contributed by atoms with van der Waals surface area (Å²) in [7, 11) is 0. The van der Waals surface area contributed by atoms with E-state index in [1.807, 2.05) is 0 Å². The maximum atomic E-state index is 10.5. The average molecular weight is 167 g/mol. The Hall–Kier alpha value is -1.58. The molecule has 4 nitrogen and oxygen atoms in total. The van der Waals surface area contributed by atoms with E-state index in [9.17, 15) is 4.79 Å². The van der Waals surface area contributed by atoms with Crippen LogP contribution in [0.1, 0.15) is 13.8 Å². The minimum absolute atomic E-state index is 0.160. The van der Waals surface area contributed by atoms with Crippen molar-refractivity contribution in [2.45, 2.75) is 13.8 Å². The Labute approximate surface area is 71.7 Å². The summed E-state index contributed by atoms with van der Waals surface area (Å²) in [4.78, 5) is 14.3. The van der Waals surface area contributed by atoms with E-state index >= 15 is 0 Å². The lowest BCUT2D eigenvalue weighted by Gasteiger charge is -2.00. The van der Waals surface area contributed by atoms with Crippen LogP contribution >= 0.6 is 0 Å². The highest BCUT2D eigenvalue weighted by molar-refractivity contribution is 6.14. The van der Waals surface area contributed by atoms with Gasteiger partial charge in [0.15, 0.2) is 6.29 Å². The molecule has 0 aliphatic carbocycles. The third kappa shape index (κ3) is 3.01. The van der Waals surface area contributed by atoms with Crippen LogP contribution in [-0.4, -0.2) is 12.0 Å². The molecule has 0 aromatic heterocycles. The smallest absolute Gasteiger partial charge is 0.153 e. The highest BCUT2D eigenvalue weighted by Gasteiger charge is 2.02. The molecular weight excluding hydrogens is 154 g/mol. The number of nitrogens with zero attached hydrogens (tertiary/aromatic N) is 1. The van der Waals surface area contributed by atoms with Crippen LogP contribution in [-0.2, 0) is 4.79 Å². The van der Waals surface area contributed by atoms with Crippen LogP contribution in [0.2, 0.25) is 0 Å². The molecule has 0 aliphatic heterocycles. The topological polar surface area (TPSA) is 81.5 Å². The lowest BCUT2D eigenvalue weighted by molar-refractivity contribution is -0.104. The van der Waals surface area contributed by atoms with Gasteiger partial charge in [-0.15, -0.1) is 0 Å². The molecule has 0 amide bonds. The van der Waals surface area contributed by atoms with E-state index in [0.29, 0.717) is 23.3 Å². The number of allylic oxidation sites excluding steroid dienone is 2. The van der Waals surface area contributed by atoms with Gasteiger partial charge in [0.05, 0.1) is 11.3 Å². The van der Waals surface area contributed by atoms with Crippen molar-refractivity contribution in [3.63, 3.8) is 0 Å². The molecule has 0 unspecified atom stereocenters. The van der Waals surface area contributed by atoms with Gasteiger partial charge >= 0.3 is 0 Å². The van der Waals surface area contributed by atoms with Gasteiger partial charge in [-0.3, -0.25) is 4.79 Å². The summed E-state index contributed by atoms with van der Waals surface area (Å²) in [6, 6.07) is 0. The maximum Gasteiger partial charge on any atom is 0.153 e. The van der Waals surface area contributed by atoms with Crippen molar-refractivity contribution in [3.8, 4) is 0 Å². The van der Waals surface area contributed by atoms with Gasteiger partial charge in [0.1, 0.15) is 5.82 Å². The SMILES string of the molecule is C=C(N)N=C(C)/C(C=O)=C(/C)N. The molecule has 0 saturated heterocycles. The number of aliphatic imine (C=N–C) groups is 1. The number of rotatable bonds is 3. The van der Waals surface area contributed by atoms with Crippen LogP contribution in [0.4, 0.5) is 0 Å². The third-order valence-corrected chi connectivity index (χ3v) is 1.24. The Kier molecular flexibility index (Phi) is 3.76. The number of aldehydes is 1. The molecule has 0 fully saturated rings. The van der Waals surface area contributed by atoms with Crippen molar-refractivity contribution in [1.29, 1.82) is 0 Å². The van der Waals surface area contributed by atoms with Crippen molar-refractivity contribution >= 4 is 12.0 Å². The fourth-order valence-electron chi connectivity index (χ4n) is 0.739. The Morgan fingerprint density at radius 2 is 1.92 bits per heavy atom. The molecule has 0 atom stereocenters. The summed E-state index contributed by atoms with van der Waals surface area (Å²) in [5.74, 6) is 0.160. The van der Waals surface area contributed by atoms with Crippen LogP contribution in [0, 0.1) is 0 Å². The zero-order valence-electron chi connectivity index (χ0n) is 7.29. The van der Waals surface area contributed by atoms with Crippen LogP contribution < -0.4 is 11.5 Å². The molecule has 0 rings (SSSR count). The minimum Gasteiger partial charge on any atom is -0.402 e. The van der Waals surface area contributed by atoms with E-state index in [-0.39, 0.29) is 5.82 Å². The summed E-state index contributed by atoms with van der Waals surface area (Å²) >= 11 is 0.